The molecule has 0 atom stereocenters. The van der Waals surface area contributed by atoms with E-state index in [0.717, 1.165) is 11.3 Å². The van der Waals surface area contributed by atoms with Crippen molar-refractivity contribution in [3.8, 4) is 22.7 Å². The first kappa shape index (κ1) is 18.9. The largest absolute Gasteiger partial charge is 0.508 e. The minimum absolute atomic E-state index is 0.114. The van der Waals surface area contributed by atoms with Crippen molar-refractivity contribution in [3.05, 3.63) is 89.6 Å². The molecule has 5 aromatic rings. The van der Waals surface area contributed by atoms with Crippen LogP contribution in [0.4, 0.5) is 5.82 Å². The standard InChI is InChI=1S/C23H16ClN5O2/c24-15-8-6-14(7-9-15)21-19(13-29(28-21)16-4-2-1-3-5-16)23(31)25-22-18-11-10-17(30)12-20(18)26-27-22/h1-13,30H,(H2,25,26,27,31). The van der Waals surface area contributed by atoms with Crippen molar-refractivity contribution in [1.82, 2.24) is 20.0 Å². The highest BCUT2D eigenvalue weighted by molar-refractivity contribution is 6.30. The fraction of sp³-hybridized carbons (Fsp3) is 0. The molecule has 0 aliphatic rings. The van der Waals surface area contributed by atoms with Gasteiger partial charge in [-0.1, -0.05) is 41.9 Å². The van der Waals surface area contributed by atoms with Crippen LogP contribution in [0.3, 0.4) is 0 Å². The van der Waals surface area contributed by atoms with E-state index in [4.69, 9.17) is 11.6 Å². The van der Waals surface area contributed by atoms with Gasteiger partial charge in [-0.25, -0.2) is 4.68 Å². The van der Waals surface area contributed by atoms with E-state index in [1.54, 1.807) is 41.2 Å². The number of benzene rings is 3. The Balaban J connectivity index is 1.56. The number of aromatic amines is 1. The van der Waals surface area contributed by atoms with Gasteiger partial charge in [-0.15, -0.1) is 0 Å². The van der Waals surface area contributed by atoms with Crippen LogP contribution in [-0.4, -0.2) is 31.0 Å². The number of para-hydroxylation sites is 1. The highest BCUT2D eigenvalue weighted by Gasteiger charge is 2.20. The highest BCUT2D eigenvalue weighted by Crippen LogP contribution is 2.28. The third-order valence-electron chi connectivity index (χ3n) is 4.88. The van der Waals surface area contributed by atoms with Gasteiger partial charge < -0.3 is 10.4 Å². The number of fused-ring (bicyclic) bond motifs is 1. The smallest absolute Gasteiger partial charge is 0.260 e. The van der Waals surface area contributed by atoms with Gasteiger partial charge in [-0.3, -0.25) is 9.89 Å². The number of nitrogens with one attached hydrogen (secondary N) is 2. The van der Waals surface area contributed by atoms with Crippen LogP contribution in [0.25, 0.3) is 27.8 Å². The van der Waals surface area contributed by atoms with Crippen molar-refractivity contribution in [2.45, 2.75) is 0 Å². The molecule has 2 heterocycles. The number of anilines is 1. The van der Waals surface area contributed by atoms with Crippen LogP contribution >= 0.6 is 11.6 Å². The lowest BCUT2D eigenvalue weighted by atomic mass is 10.1. The number of carbonyl (C=O) groups excluding carboxylic acids is 1. The molecule has 0 aliphatic carbocycles. The summed E-state index contributed by atoms with van der Waals surface area (Å²) in [5.74, 6) is 0.131. The Morgan fingerprint density at radius 2 is 1.81 bits per heavy atom. The van der Waals surface area contributed by atoms with Crippen LogP contribution < -0.4 is 5.32 Å². The molecule has 1 amide bonds. The number of nitrogens with zero attached hydrogens (tertiary/aromatic N) is 3. The minimum atomic E-state index is -0.353. The molecule has 3 aromatic carbocycles. The predicted molar refractivity (Wildman–Crippen MR) is 120 cm³/mol. The number of H-pyrrole nitrogens is 1. The molecule has 152 valence electrons. The highest BCUT2D eigenvalue weighted by atomic mass is 35.5. The van der Waals surface area contributed by atoms with Gasteiger partial charge in [0.1, 0.15) is 11.4 Å². The normalized spacial score (nSPS) is 11.0. The zero-order valence-corrected chi connectivity index (χ0v) is 16.8. The molecule has 0 bridgehead atoms. The monoisotopic (exact) mass is 429 g/mol. The molecule has 8 heteroatoms. The second kappa shape index (κ2) is 7.62. The predicted octanol–water partition coefficient (Wildman–Crippen LogP) is 5.03. The van der Waals surface area contributed by atoms with E-state index in [1.807, 2.05) is 42.5 Å². The molecule has 0 radical (unpaired) electrons. The summed E-state index contributed by atoms with van der Waals surface area (Å²) in [6, 6.07) is 21.5. The number of phenols is 1. The summed E-state index contributed by atoms with van der Waals surface area (Å²) in [5.41, 5.74) is 3.13. The van der Waals surface area contributed by atoms with Gasteiger partial charge in [0.15, 0.2) is 5.82 Å². The van der Waals surface area contributed by atoms with E-state index >= 15 is 0 Å². The van der Waals surface area contributed by atoms with Gasteiger partial charge in [0.05, 0.1) is 16.8 Å². The molecule has 5 rings (SSSR count). The van der Waals surface area contributed by atoms with E-state index in [2.05, 4.69) is 20.6 Å². The quantitative estimate of drug-likeness (QED) is 0.373. The molecule has 31 heavy (non-hydrogen) atoms. The Hall–Kier alpha value is -4.10. The molecule has 0 aliphatic heterocycles. The van der Waals surface area contributed by atoms with Crippen LogP contribution in [0, 0.1) is 0 Å². The van der Waals surface area contributed by atoms with Gasteiger partial charge in [0.2, 0.25) is 0 Å². The van der Waals surface area contributed by atoms with Crippen molar-refractivity contribution in [3.63, 3.8) is 0 Å². The summed E-state index contributed by atoms with van der Waals surface area (Å²) in [5, 5.41) is 25.4. The Morgan fingerprint density at radius 3 is 2.58 bits per heavy atom. The maximum absolute atomic E-state index is 13.2. The Morgan fingerprint density at radius 1 is 1.03 bits per heavy atom. The van der Waals surface area contributed by atoms with E-state index < -0.39 is 0 Å². The lowest BCUT2D eigenvalue weighted by Gasteiger charge is -2.04. The number of hydrogen-bond acceptors (Lipinski definition) is 4. The third-order valence-corrected chi connectivity index (χ3v) is 5.13. The zero-order chi connectivity index (χ0) is 21.4. The summed E-state index contributed by atoms with van der Waals surface area (Å²) in [4.78, 5) is 13.2. The van der Waals surface area contributed by atoms with Gasteiger partial charge in [0, 0.05) is 28.2 Å². The van der Waals surface area contributed by atoms with Crippen LogP contribution in [-0.2, 0) is 0 Å². The van der Waals surface area contributed by atoms with Crippen LogP contribution in [0.1, 0.15) is 10.4 Å². The minimum Gasteiger partial charge on any atom is -0.508 e. The number of rotatable bonds is 4. The number of hydrogen-bond donors (Lipinski definition) is 3. The fourth-order valence-corrected chi connectivity index (χ4v) is 3.48. The van der Waals surface area contributed by atoms with Gasteiger partial charge in [-0.2, -0.15) is 10.2 Å². The summed E-state index contributed by atoms with van der Waals surface area (Å²) in [7, 11) is 0. The second-order valence-corrected chi connectivity index (χ2v) is 7.37. The molecule has 0 fully saturated rings. The summed E-state index contributed by atoms with van der Waals surface area (Å²) >= 11 is 6.03. The summed E-state index contributed by atoms with van der Waals surface area (Å²) < 4.78 is 1.67. The van der Waals surface area contributed by atoms with Crippen LogP contribution in [0.5, 0.6) is 5.75 Å². The van der Waals surface area contributed by atoms with E-state index in [-0.39, 0.29) is 11.7 Å². The first-order valence-electron chi connectivity index (χ1n) is 9.48. The van der Waals surface area contributed by atoms with E-state index in [0.29, 0.717) is 33.0 Å². The SMILES string of the molecule is O=C(Nc1n[nH]c2cc(O)ccc12)c1cn(-c2ccccc2)nc1-c1ccc(Cl)cc1. The average Bonchev–Trinajstić information content (AvgIpc) is 3.39. The summed E-state index contributed by atoms with van der Waals surface area (Å²) in [6.45, 7) is 0. The van der Waals surface area contributed by atoms with Crippen LogP contribution in [0.15, 0.2) is 79.0 Å². The maximum atomic E-state index is 13.2. The van der Waals surface area contributed by atoms with Crippen molar-refractivity contribution in [2.24, 2.45) is 0 Å². The molecule has 2 aromatic heterocycles. The van der Waals surface area contributed by atoms with Crippen molar-refractivity contribution in [2.75, 3.05) is 5.32 Å². The van der Waals surface area contributed by atoms with Gasteiger partial charge >= 0.3 is 0 Å². The second-order valence-electron chi connectivity index (χ2n) is 6.93. The fourth-order valence-electron chi connectivity index (χ4n) is 3.35. The van der Waals surface area contributed by atoms with Gasteiger partial charge in [-0.05, 0) is 36.4 Å². The lowest BCUT2D eigenvalue weighted by Crippen LogP contribution is -2.12. The van der Waals surface area contributed by atoms with Gasteiger partial charge in [0.25, 0.3) is 5.91 Å². The Kier molecular flexibility index (Phi) is 4.65. The molecule has 0 spiro atoms. The Labute approximate surface area is 181 Å². The molecule has 0 unspecified atom stereocenters. The molecule has 7 nitrogen and oxygen atoms in total. The number of amides is 1. The molecule has 0 saturated heterocycles. The molecule has 0 saturated carbocycles. The van der Waals surface area contributed by atoms with Crippen molar-refractivity contribution in [1.29, 1.82) is 0 Å². The number of halogens is 1. The number of phenolic OH excluding ortho intramolecular Hbond substituents is 1. The van der Waals surface area contributed by atoms with Crippen molar-refractivity contribution >= 4 is 34.2 Å². The molecular weight excluding hydrogens is 414 g/mol. The summed E-state index contributed by atoms with van der Waals surface area (Å²) in [6.07, 6.45) is 1.69. The first-order chi connectivity index (χ1) is 15.1. The van der Waals surface area contributed by atoms with E-state index in [9.17, 15) is 9.90 Å². The topological polar surface area (TPSA) is 95.8 Å². The number of carbonyl (C=O) groups is 1. The van der Waals surface area contributed by atoms with E-state index in [1.165, 1.54) is 0 Å². The Bertz CT molecular complexity index is 1390. The lowest BCUT2D eigenvalue weighted by molar-refractivity contribution is 0.102. The number of aromatic hydroxyl groups is 1. The third kappa shape index (κ3) is 3.62. The maximum Gasteiger partial charge on any atom is 0.260 e. The number of aromatic nitrogens is 4. The van der Waals surface area contributed by atoms with Crippen molar-refractivity contribution < 1.29 is 9.90 Å². The zero-order valence-electron chi connectivity index (χ0n) is 16.1. The molecular formula is C23H16ClN5O2. The first-order valence-corrected chi connectivity index (χ1v) is 9.86. The molecule has 3 N–H and O–H groups in total. The average molecular weight is 430 g/mol. The van der Waals surface area contributed by atoms with Crippen LogP contribution in [0.2, 0.25) is 5.02 Å².